The summed E-state index contributed by atoms with van der Waals surface area (Å²) in [6, 6.07) is 7.78. The monoisotopic (exact) mass is 291 g/mol. The van der Waals surface area contributed by atoms with Crippen LogP contribution in [-0.2, 0) is 7.05 Å². The third kappa shape index (κ3) is 2.17. The van der Waals surface area contributed by atoms with E-state index in [-0.39, 0.29) is 0 Å². The van der Waals surface area contributed by atoms with Crippen LogP contribution in [0.15, 0.2) is 34.4 Å². The van der Waals surface area contributed by atoms with Gasteiger partial charge in [0.1, 0.15) is 10.9 Å². The molecule has 0 unspecified atom stereocenters. The van der Waals surface area contributed by atoms with Crippen molar-refractivity contribution in [1.29, 1.82) is 0 Å². The van der Waals surface area contributed by atoms with Crippen molar-refractivity contribution in [1.82, 2.24) is 25.0 Å². The van der Waals surface area contributed by atoms with E-state index < -0.39 is 0 Å². The summed E-state index contributed by atoms with van der Waals surface area (Å²) >= 11 is 7.48. The van der Waals surface area contributed by atoms with Gasteiger partial charge >= 0.3 is 0 Å². The molecule has 0 N–H and O–H groups in total. The van der Waals surface area contributed by atoms with Crippen molar-refractivity contribution in [3.8, 4) is 0 Å². The fourth-order valence-corrected chi connectivity index (χ4v) is 2.78. The molecule has 0 bridgehead atoms. The van der Waals surface area contributed by atoms with Crippen LogP contribution < -0.4 is 0 Å². The topological polar surface area (TPSA) is 56.5 Å². The van der Waals surface area contributed by atoms with Gasteiger partial charge in [-0.3, -0.25) is 0 Å². The van der Waals surface area contributed by atoms with Crippen molar-refractivity contribution in [3.05, 3.63) is 35.2 Å². The van der Waals surface area contributed by atoms with Crippen molar-refractivity contribution in [2.45, 2.75) is 17.1 Å². The first-order valence-corrected chi connectivity index (χ1v) is 6.81. The normalized spacial score (nSPS) is 11.1. The lowest BCUT2D eigenvalue weighted by Crippen LogP contribution is -1.95. The molecule has 0 saturated carbocycles. The first-order chi connectivity index (χ1) is 9.16. The molecule has 7 heteroatoms. The molecule has 0 fully saturated rings. The highest BCUT2D eigenvalue weighted by Gasteiger charge is 2.12. The molecule has 0 aliphatic rings. The van der Waals surface area contributed by atoms with E-state index in [1.165, 1.54) is 11.8 Å². The lowest BCUT2D eigenvalue weighted by Gasteiger charge is -2.05. The maximum Gasteiger partial charge on any atom is 0.197 e. The van der Waals surface area contributed by atoms with Gasteiger partial charge in [-0.25, -0.2) is 0 Å². The summed E-state index contributed by atoms with van der Waals surface area (Å²) in [6.45, 7) is 1.91. The highest BCUT2D eigenvalue weighted by atomic mass is 35.5. The van der Waals surface area contributed by atoms with Gasteiger partial charge in [-0.15, -0.1) is 20.4 Å². The van der Waals surface area contributed by atoms with Crippen LogP contribution in [0.25, 0.3) is 10.8 Å². The standard InChI is InChI=1S/C12H10ClN5S/c1-7-14-17-12(18(7)2)19-11-9-6-4-3-5-8(9)10(13)15-16-11/h3-6H,1-2H3. The second-order valence-corrected chi connectivity index (χ2v) is 5.35. The molecule has 0 atom stereocenters. The highest BCUT2D eigenvalue weighted by Crippen LogP contribution is 2.32. The molecular formula is C12H10ClN5S. The van der Waals surface area contributed by atoms with Crippen LogP contribution in [0.1, 0.15) is 5.82 Å². The van der Waals surface area contributed by atoms with Gasteiger partial charge in [0, 0.05) is 17.8 Å². The van der Waals surface area contributed by atoms with Crippen LogP contribution >= 0.6 is 23.4 Å². The number of fused-ring (bicyclic) bond motifs is 1. The number of benzene rings is 1. The van der Waals surface area contributed by atoms with Gasteiger partial charge in [0.05, 0.1) is 0 Å². The molecule has 19 heavy (non-hydrogen) atoms. The maximum atomic E-state index is 6.05. The minimum Gasteiger partial charge on any atom is -0.309 e. The molecule has 3 aromatic rings. The van der Waals surface area contributed by atoms with Crippen LogP contribution in [0.4, 0.5) is 0 Å². The van der Waals surface area contributed by atoms with E-state index in [4.69, 9.17) is 11.6 Å². The van der Waals surface area contributed by atoms with E-state index >= 15 is 0 Å². The van der Waals surface area contributed by atoms with E-state index in [1.54, 1.807) is 0 Å². The lowest BCUT2D eigenvalue weighted by molar-refractivity contribution is 0.764. The van der Waals surface area contributed by atoms with Gasteiger partial charge in [0.25, 0.3) is 0 Å². The summed E-state index contributed by atoms with van der Waals surface area (Å²) in [7, 11) is 1.92. The van der Waals surface area contributed by atoms with Gasteiger partial charge in [-0.2, -0.15) is 0 Å². The third-order valence-corrected chi connectivity index (χ3v) is 4.16. The summed E-state index contributed by atoms with van der Waals surface area (Å²) in [5, 5.41) is 20.1. The summed E-state index contributed by atoms with van der Waals surface area (Å²) in [4.78, 5) is 0. The molecule has 0 saturated heterocycles. The molecule has 0 radical (unpaired) electrons. The Hall–Kier alpha value is -1.66. The lowest BCUT2D eigenvalue weighted by atomic mass is 10.2. The number of aromatic nitrogens is 5. The van der Waals surface area contributed by atoms with Crippen molar-refractivity contribution in [2.75, 3.05) is 0 Å². The van der Waals surface area contributed by atoms with Gasteiger partial charge in [0.2, 0.25) is 0 Å². The summed E-state index contributed by atoms with van der Waals surface area (Å²) in [6.07, 6.45) is 0. The minimum absolute atomic E-state index is 0.411. The molecule has 2 aromatic heterocycles. The van der Waals surface area contributed by atoms with Crippen molar-refractivity contribution >= 4 is 34.1 Å². The number of nitrogens with zero attached hydrogens (tertiary/aromatic N) is 5. The molecule has 0 spiro atoms. The third-order valence-electron chi connectivity index (χ3n) is 2.85. The van der Waals surface area contributed by atoms with Crippen LogP contribution in [0.5, 0.6) is 0 Å². The molecule has 0 amide bonds. The largest absolute Gasteiger partial charge is 0.309 e. The van der Waals surface area contributed by atoms with Gasteiger partial charge in [-0.05, 0) is 18.7 Å². The van der Waals surface area contributed by atoms with Crippen LogP contribution in [0, 0.1) is 6.92 Å². The SMILES string of the molecule is Cc1nnc(Sc2nnc(Cl)c3ccccc23)n1C. The second kappa shape index (κ2) is 4.79. The Bertz CT molecular complexity index is 755. The Labute approximate surface area is 119 Å². The number of aryl methyl sites for hydroxylation is 1. The minimum atomic E-state index is 0.411. The van der Waals surface area contributed by atoms with E-state index in [0.717, 1.165) is 26.8 Å². The van der Waals surface area contributed by atoms with Crippen LogP contribution in [-0.4, -0.2) is 25.0 Å². The van der Waals surface area contributed by atoms with Crippen LogP contribution in [0.3, 0.4) is 0 Å². The first kappa shape index (κ1) is 12.4. The Balaban J connectivity index is 2.11. The predicted octanol–water partition coefficient (Wildman–Crippen LogP) is 2.87. The molecule has 0 aliphatic carbocycles. The number of hydrogen-bond donors (Lipinski definition) is 0. The van der Waals surface area contributed by atoms with Crippen molar-refractivity contribution in [2.24, 2.45) is 7.05 Å². The van der Waals surface area contributed by atoms with E-state index in [1.807, 2.05) is 42.8 Å². The Morgan fingerprint density at radius 1 is 1.05 bits per heavy atom. The second-order valence-electron chi connectivity index (χ2n) is 4.03. The summed E-state index contributed by atoms with van der Waals surface area (Å²) in [5.41, 5.74) is 0. The highest BCUT2D eigenvalue weighted by molar-refractivity contribution is 7.99. The van der Waals surface area contributed by atoms with Crippen LogP contribution in [0.2, 0.25) is 5.15 Å². The molecule has 3 rings (SSSR count). The zero-order chi connectivity index (χ0) is 13.4. The molecule has 96 valence electrons. The van der Waals surface area contributed by atoms with E-state index in [2.05, 4.69) is 20.4 Å². The van der Waals surface area contributed by atoms with Crippen molar-refractivity contribution < 1.29 is 0 Å². The number of hydrogen-bond acceptors (Lipinski definition) is 5. The molecule has 2 heterocycles. The number of halogens is 1. The Morgan fingerprint density at radius 3 is 2.47 bits per heavy atom. The summed E-state index contributed by atoms with van der Waals surface area (Å²) in [5.74, 6) is 0.855. The van der Waals surface area contributed by atoms with Crippen molar-refractivity contribution in [3.63, 3.8) is 0 Å². The van der Waals surface area contributed by atoms with E-state index in [9.17, 15) is 0 Å². The predicted molar refractivity (Wildman–Crippen MR) is 74.4 cm³/mol. The Morgan fingerprint density at radius 2 is 1.79 bits per heavy atom. The molecule has 5 nitrogen and oxygen atoms in total. The molecular weight excluding hydrogens is 282 g/mol. The molecule has 1 aromatic carbocycles. The van der Waals surface area contributed by atoms with E-state index in [0.29, 0.717) is 5.15 Å². The fraction of sp³-hybridized carbons (Fsp3) is 0.167. The van der Waals surface area contributed by atoms with Gasteiger partial charge < -0.3 is 4.57 Å². The zero-order valence-electron chi connectivity index (χ0n) is 10.3. The zero-order valence-corrected chi connectivity index (χ0v) is 11.9. The Kier molecular flexibility index (Phi) is 3.12. The quantitative estimate of drug-likeness (QED) is 0.726. The number of rotatable bonds is 2. The van der Waals surface area contributed by atoms with Gasteiger partial charge in [-0.1, -0.05) is 35.9 Å². The molecule has 0 aliphatic heterocycles. The average molecular weight is 292 g/mol. The maximum absolute atomic E-state index is 6.05. The smallest absolute Gasteiger partial charge is 0.197 e. The fourth-order valence-electron chi connectivity index (χ4n) is 1.68. The average Bonchev–Trinajstić information content (AvgIpc) is 2.74. The summed E-state index contributed by atoms with van der Waals surface area (Å²) < 4.78 is 1.91. The first-order valence-electron chi connectivity index (χ1n) is 5.61. The van der Waals surface area contributed by atoms with Gasteiger partial charge in [0.15, 0.2) is 10.3 Å².